The molecule has 5 rings (SSSR count). The van der Waals surface area contributed by atoms with E-state index in [0.29, 0.717) is 0 Å². The van der Waals surface area contributed by atoms with E-state index in [-0.39, 0.29) is 11.8 Å². The second-order valence-electron chi connectivity index (χ2n) is 8.23. The van der Waals surface area contributed by atoms with E-state index in [1.165, 1.54) is 11.1 Å². The first-order chi connectivity index (χ1) is 13.6. The fourth-order valence-corrected chi connectivity index (χ4v) is 4.66. The summed E-state index contributed by atoms with van der Waals surface area (Å²) in [6.07, 6.45) is 2.84. The molecule has 0 N–H and O–H groups in total. The van der Waals surface area contributed by atoms with Gasteiger partial charge in [-0.1, -0.05) is 17.7 Å². The Labute approximate surface area is 166 Å². The molecule has 3 heterocycles. The van der Waals surface area contributed by atoms with E-state index in [1.54, 1.807) is 7.11 Å². The summed E-state index contributed by atoms with van der Waals surface area (Å²) in [5.41, 5.74) is 4.47. The van der Waals surface area contributed by atoms with Gasteiger partial charge in [0.15, 0.2) is 0 Å². The van der Waals surface area contributed by atoms with Crippen molar-refractivity contribution < 1.29 is 9.47 Å². The van der Waals surface area contributed by atoms with Crippen LogP contribution in [0.2, 0.25) is 0 Å². The van der Waals surface area contributed by atoms with Crippen LogP contribution in [0.5, 0.6) is 11.5 Å². The van der Waals surface area contributed by atoms with Crippen molar-refractivity contribution in [3.8, 4) is 11.5 Å². The molecule has 0 bridgehead atoms. The molecule has 3 aliphatic rings. The summed E-state index contributed by atoms with van der Waals surface area (Å²) in [6, 6.07) is 15.0. The molecule has 0 unspecified atom stereocenters. The number of hydrazone groups is 1. The first kappa shape index (κ1) is 17.6. The van der Waals surface area contributed by atoms with Gasteiger partial charge in [0.25, 0.3) is 0 Å². The Morgan fingerprint density at radius 1 is 1.11 bits per heavy atom. The van der Waals surface area contributed by atoms with E-state index >= 15 is 0 Å². The largest absolute Gasteiger partial charge is 0.497 e. The first-order valence-electron chi connectivity index (χ1n) is 10.1. The minimum absolute atomic E-state index is 0.240. The summed E-state index contributed by atoms with van der Waals surface area (Å²) in [7, 11) is 3.88. The number of nitrogens with zero attached hydrogens (tertiary/aromatic N) is 3. The third-order valence-corrected chi connectivity index (χ3v) is 6.34. The normalized spacial score (nSPS) is 23.0. The molecular formula is C23H27N3O2. The molecule has 0 amide bonds. The lowest BCUT2D eigenvalue weighted by molar-refractivity contribution is -0.147. The Hall–Kier alpha value is -2.53. The molecule has 0 aliphatic carbocycles. The van der Waals surface area contributed by atoms with Gasteiger partial charge in [-0.15, -0.1) is 0 Å². The number of hydrogen-bond acceptors (Lipinski definition) is 5. The molecule has 2 aromatic carbocycles. The van der Waals surface area contributed by atoms with E-state index in [4.69, 9.17) is 14.6 Å². The zero-order valence-electron chi connectivity index (χ0n) is 16.8. The lowest BCUT2D eigenvalue weighted by Gasteiger charge is -2.50. The topological polar surface area (TPSA) is 37.3 Å². The Balaban J connectivity index is 1.56. The molecule has 146 valence electrons. The molecule has 28 heavy (non-hydrogen) atoms. The predicted molar refractivity (Wildman–Crippen MR) is 110 cm³/mol. The number of ether oxygens (including phenoxy) is 2. The van der Waals surface area contributed by atoms with E-state index < -0.39 is 0 Å². The predicted octanol–water partition coefficient (Wildman–Crippen LogP) is 3.97. The van der Waals surface area contributed by atoms with E-state index in [1.807, 2.05) is 12.1 Å². The number of hydrogen-bond donors (Lipinski definition) is 0. The van der Waals surface area contributed by atoms with Gasteiger partial charge >= 0.3 is 0 Å². The maximum absolute atomic E-state index is 6.67. The second-order valence-corrected chi connectivity index (χ2v) is 8.23. The highest BCUT2D eigenvalue weighted by Gasteiger charge is 2.51. The third kappa shape index (κ3) is 2.76. The van der Waals surface area contributed by atoms with Crippen LogP contribution in [0.25, 0.3) is 0 Å². The number of fused-ring (bicyclic) bond motifs is 4. The quantitative estimate of drug-likeness (QED) is 0.794. The fraction of sp³-hybridized carbons (Fsp3) is 0.435. The van der Waals surface area contributed by atoms with E-state index in [9.17, 15) is 0 Å². The molecule has 0 radical (unpaired) electrons. The lowest BCUT2D eigenvalue weighted by atomic mass is 9.90. The Morgan fingerprint density at radius 2 is 1.86 bits per heavy atom. The van der Waals surface area contributed by atoms with Crippen molar-refractivity contribution >= 4 is 5.71 Å². The summed E-state index contributed by atoms with van der Waals surface area (Å²) < 4.78 is 12.0. The van der Waals surface area contributed by atoms with Crippen LogP contribution in [0.1, 0.15) is 42.0 Å². The van der Waals surface area contributed by atoms with Crippen LogP contribution < -0.4 is 9.47 Å². The highest BCUT2D eigenvalue weighted by atomic mass is 16.5. The summed E-state index contributed by atoms with van der Waals surface area (Å²) >= 11 is 0. The Morgan fingerprint density at radius 3 is 2.57 bits per heavy atom. The summed E-state index contributed by atoms with van der Waals surface area (Å²) in [5.74, 6) is 1.90. The molecule has 5 heteroatoms. The minimum atomic E-state index is -0.340. The maximum Gasteiger partial charge on any atom is 0.200 e. The molecule has 5 nitrogen and oxygen atoms in total. The van der Waals surface area contributed by atoms with Crippen LogP contribution in [0.4, 0.5) is 0 Å². The Bertz CT molecular complexity index is 914. The van der Waals surface area contributed by atoms with Gasteiger partial charge < -0.3 is 14.4 Å². The van der Waals surface area contributed by atoms with Gasteiger partial charge in [0, 0.05) is 37.9 Å². The summed E-state index contributed by atoms with van der Waals surface area (Å²) in [4.78, 5) is 2.37. The van der Waals surface area contributed by atoms with E-state index in [0.717, 1.165) is 55.1 Å². The molecule has 2 aromatic rings. The molecule has 3 aliphatic heterocycles. The molecule has 1 spiro atoms. The van der Waals surface area contributed by atoms with Crippen molar-refractivity contribution in [1.82, 2.24) is 9.91 Å². The van der Waals surface area contributed by atoms with Gasteiger partial charge in [-0.05, 0) is 49.9 Å². The third-order valence-electron chi connectivity index (χ3n) is 6.34. The average molecular weight is 377 g/mol. The van der Waals surface area contributed by atoms with Crippen LogP contribution in [-0.4, -0.2) is 48.6 Å². The summed E-state index contributed by atoms with van der Waals surface area (Å²) in [6.45, 7) is 4.19. The number of aryl methyl sites for hydroxylation is 1. The van der Waals surface area contributed by atoms with Crippen molar-refractivity contribution in [3.05, 3.63) is 59.2 Å². The van der Waals surface area contributed by atoms with Crippen molar-refractivity contribution in [3.63, 3.8) is 0 Å². The van der Waals surface area contributed by atoms with Gasteiger partial charge in [0.05, 0.1) is 18.9 Å². The van der Waals surface area contributed by atoms with Crippen LogP contribution in [-0.2, 0) is 0 Å². The smallest absolute Gasteiger partial charge is 0.200 e. The maximum atomic E-state index is 6.67. The van der Waals surface area contributed by atoms with Crippen molar-refractivity contribution in [2.75, 3.05) is 27.2 Å². The zero-order valence-corrected chi connectivity index (χ0v) is 16.8. The van der Waals surface area contributed by atoms with Crippen molar-refractivity contribution in [1.29, 1.82) is 0 Å². The zero-order chi connectivity index (χ0) is 19.3. The highest BCUT2D eigenvalue weighted by molar-refractivity contribution is 6.02. The molecule has 0 aromatic heterocycles. The average Bonchev–Trinajstić information content (AvgIpc) is 3.18. The van der Waals surface area contributed by atoms with Gasteiger partial charge in [-0.2, -0.15) is 5.10 Å². The number of piperidine rings is 1. The summed E-state index contributed by atoms with van der Waals surface area (Å²) in [5, 5.41) is 7.41. The molecule has 1 fully saturated rings. The number of rotatable bonds is 2. The SMILES string of the molecule is COc1ccc(C2=NN3[C@@H](C2)c2cc(C)ccc2OC32CCN(C)CC2)cc1. The standard InChI is InChI=1S/C23H27N3O2/c1-16-4-9-22-19(14-16)21-15-20(17-5-7-18(27-3)8-6-17)24-26(21)23(28-22)10-12-25(2)13-11-23/h4-9,14,21H,10-13,15H2,1-3H3/t21-/m0/s1. The van der Waals surface area contributed by atoms with Crippen LogP contribution >= 0.6 is 0 Å². The van der Waals surface area contributed by atoms with E-state index in [2.05, 4.69) is 54.2 Å². The van der Waals surface area contributed by atoms with Crippen LogP contribution in [0.15, 0.2) is 47.6 Å². The molecule has 0 saturated carbocycles. The van der Waals surface area contributed by atoms with Gasteiger partial charge in [-0.25, -0.2) is 5.01 Å². The van der Waals surface area contributed by atoms with Crippen LogP contribution in [0, 0.1) is 6.92 Å². The number of likely N-dealkylation sites (tertiary alicyclic amines) is 1. The second kappa shape index (κ2) is 6.52. The highest BCUT2D eigenvalue weighted by Crippen LogP contribution is 2.50. The van der Waals surface area contributed by atoms with Crippen molar-refractivity contribution in [2.24, 2.45) is 5.10 Å². The fourth-order valence-electron chi connectivity index (χ4n) is 4.66. The minimum Gasteiger partial charge on any atom is -0.497 e. The molecule has 1 saturated heterocycles. The first-order valence-corrected chi connectivity index (χ1v) is 10.1. The van der Waals surface area contributed by atoms with Gasteiger partial charge in [0.1, 0.15) is 11.5 Å². The van der Waals surface area contributed by atoms with Crippen LogP contribution in [0.3, 0.4) is 0 Å². The molecule has 1 atom stereocenters. The van der Waals surface area contributed by atoms with Gasteiger partial charge in [-0.3, -0.25) is 0 Å². The number of methoxy groups -OCH3 is 1. The lowest BCUT2D eigenvalue weighted by Crippen LogP contribution is -2.58. The number of benzene rings is 2. The monoisotopic (exact) mass is 377 g/mol. The van der Waals surface area contributed by atoms with Crippen molar-refractivity contribution in [2.45, 2.75) is 38.0 Å². The Kier molecular flexibility index (Phi) is 4.09. The van der Waals surface area contributed by atoms with Gasteiger partial charge in [0.2, 0.25) is 5.72 Å². The molecular weight excluding hydrogens is 350 g/mol.